The summed E-state index contributed by atoms with van der Waals surface area (Å²) in [6, 6.07) is 0. The first-order chi connectivity index (χ1) is 5.25. The first kappa shape index (κ1) is 8.00. The Morgan fingerprint density at radius 2 is 2.64 bits per heavy atom. The summed E-state index contributed by atoms with van der Waals surface area (Å²) >= 11 is 1.14. The minimum atomic E-state index is -0.453. The molecule has 0 spiro atoms. The van der Waals surface area contributed by atoms with Gasteiger partial charge in [-0.2, -0.15) is 4.37 Å². The average Bonchev–Trinajstić information content (AvgIpc) is 2.36. The van der Waals surface area contributed by atoms with E-state index in [0.717, 1.165) is 11.5 Å². The van der Waals surface area contributed by atoms with Crippen molar-refractivity contribution >= 4 is 23.2 Å². The molecule has 0 saturated heterocycles. The fourth-order valence-electron chi connectivity index (χ4n) is 0.599. The zero-order valence-electron chi connectivity index (χ0n) is 6.03. The average molecular weight is 172 g/mol. The number of carbonyl (C=O) groups excluding carboxylic acids is 1. The Morgan fingerprint density at radius 1 is 1.91 bits per heavy atom. The van der Waals surface area contributed by atoms with Gasteiger partial charge in [-0.15, -0.1) is 0 Å². The van der Waals surface area contributed by atoms with Gasteiger partial charge in [0.1, 0.15) is 0 Å². The van der Waals surface area contributed by atoms with Crippen LogP contribution in [0.2, 0.25) is 0 Å². The van der Waals surface area contributed by atoms with Gasteiger partial charge >= 0.3 is 5.97 Å². The van der Waals surface area contributed by atoms with Crippen LogP contribution >= 0.6 is 11.5 Å². The molecule has 60 valence electrons. The van der Waals surface area contributed by atoms with Gasteiger partial charge in [0.05, 0.1) is 12.3 Å². The third-order valence-corrected chi connectivity index (χ3v) is 1.71. The highest BCUT2D eigenvalue weighted by Crippen LogP contribution is 2.12. The van der Waals surface area contributed by atoms with Crippen molar-refractivity contribution in [3.05, 3.63) is 11.1 Å². The van der Waals surface area contributed by atoms with Crippen molar-refractivity contribution in [3.63, 3.8) is 0 Å². The molecule has 1 aromatic heterocycles. The van der Waals surface area contributed by atoms with Crippen molar-refractivity contribution in [1.29, 1.82) is 0 Å². The van der Waals surface area contributed by atoms with Crippen LogP contribution in [0.1, 0.15) is 17.4 Å². The number of carbonyl (C=O) groups is 1. The van der Waals surface area contributed by atoms with E-state index in [4.69, 9.17) is 10.5 Å². The van der Waals surface area contributed by atoms with Crippen LogP contribution in [0.3, 0.4) is 0 Å². The summed E-state index contributed by atoms with van der Waals surface area (Å²) in [6.07, 6.45) is 0. The molecule has 0 aliphatic rings. The molecule has 1 heterocycles. The van der Waals surface area contributed by atoms with Crippen LogP contribution in [0.15, 0.2) is 5.38 Å². The van der Waals surface area contributed by atoms with Gasteiger partial charge in [0.15, 0.2) is 5.69 Å². The summed E-state index contributed by atoms with van der Waals surface area (Å²) in [5.41, 5.74) is 6.02. The van der Waals surface area contributed by atoms with Gasteiger partial charge in [0.2, 0.25) is 0 Å². The summed E-state index contributed by atoms with van der Waals surface area (Å²) in [7, 11) is 0. The van der Waals surface area contributed by atoms with Gasteiger partial charge in [-0.1, -0.05) is 0 Å². The molecule has 0 fully saturated rings. The molecule has 0 aliphatic carbocycles. The first-order valence-corrected chi connectivity index (χ1v) is 3.96. The molecule has 0 atom stereocenters. The van der Waals surface area contributed by atoms with Crippen LogP contribution in [-0.2, 0) is 4.74 Å². The summed E-state index contributed by atoms with van der Waals surface area (Å²) in [6.45, 7) is 2.08. The van der Waals surface area contributed by atoms with E-state index in [9.17, 15) is 4.79 Å². The topological polar surface area (TPSA) is 65.2 Å². The van der Waals surface area contributed by atoms with Gasteiger partial charge in [-0.25, -0.2) is 4.79 Å². The lowest BCUT2D eigenvalue weighted by atomic mass is 10.4. The van der Waals surface area contributed by atoms with E-state index in [-0.39, 0.29) is 5.69 Å². The van der Waals surface area contributed by atoms with Crippen molar-refractivity contribution in [2.45, 2.75) is 6.92 Å². The smallest absolute Gasteiger partial charge is 0.360 e. The van der Waals surface area contributed by atoms with Crippen LogP contribution < -0.4 is 5.73 Å². The summed E-state index contributed by atoms with van der Waals surface area (Å²) in [4.78, 5) is 11.0. The minimum absolute atomic E-state index is 0.219. The third kappa shape index (κ3) is 1.68. The number of esters is 1. The lowest BCUT2D eigenvalue weighted by Crippen LogP contribution is -2.07. The SMILES string of the molecule is CCOC(=O)c1nscc1N. The Labute approximate surface area is 68.1 Å². The molecule has 0 aliphatic heterocycles. The monoisotopic (exact) mass is 172 g/mol. The molecule has 2 N–H and O–H groups in total. The summed E-state index contributed by atoms with van der Waals surface area (Å²) in [5.74, 6) is -0.453. The molecule has 5 heteroatoms. The molecule has 0 amide bonds. The fourth-order valence-corrected chi connectivity index (χ4v) is 1.16. The number of nitrogen functional groups attached to an aromatic ring is 1. The highest BCUT2D eigenvalue weighted by atomic mass is 32.1. The van der Waals surface area contributed by atoms with Crippen molar-refractivity contribution in [2.24, 2.45) is 0 Å². The Hall–Kier alpha value is -1.10. The highest BCUT2D eigenvalue weighted by molar-refractivity contribution is 7.04. The highest BCUT2D eigenvalue weighted by Gasteiger charge is 2.12. The third-order valence-electron chi connectivity index (χ3n) is 1.07. The maximum absolute atomic E-state index is 11.0. The lowest BCUT2D eigenvalue weighted by molar-refractivity contribution is 0.0522. The van der Waals surface area contributed by atoms with E-state index in [1.807, 2.05) is 0 Å². The number of hydrogen-bond acceptors (Lipinski definition) is 5. The Balaban J connectivity index is 2.76. The normalized spacial score (nSPS) is 9.55. The maximum Gasteiger partial charge on any atom is 0.360 e. The molecule has 1 rings (SSSR count). The van der Waals surface area contributed by atoms with Crippen molar-refractivity contribution in [1.82, 2.24) is 4.37 Å². The maximum atomic E-state index is 11.0. The van der Waals surface area contributed by atoms with E-state index >= 15 is 0 Å². The molecular formula is C6H8N2O2S. The standard InChI is InChI=1S/C6H8N2O2S/c1-2-10-6(9)5-4(7)3-11-8-5/h3H,2,7H2,1H3. The van der Waals surface area contributed by atoms with Crippen LogP contribution in [0.25, 0.3) is 0 Å². The predicted molar refractivity (Wildman–Crippen MR) is 42.5 cm³/mol. The van der Waals surface area contributed by atoms with Gasteiger partial charge in [-0.3, -0.25) is 0 Å². The minimum Gasteiger partial charge on any atom is -0.461 e. The zero-order chi connectivity index (χ0) is 8.27. The molecule has 1 aromatic rings. The molecule has 0 saturated carbocycles. The van der Waals surface area contributed by atoms with Gasteiger partial charge in [-0.05, 0) is 18.5 Å². The molecule has 0 bridgehead atoms. The van der Waals surface area contributed by atoms with E-state index in [1.165, 1.54) is 0 Å². The van der Waals surface area contributed by atoms with Crippen molar-refractivity contribution in [3.8, 4) is 0 Å². The number of aromatic nitrogens is 1. The number of anilines is 1. The fraction of sp³-hybridized carbons (Fsp3) is 0.333. The van der Waals surface area contributed by atoms with Gasteiger partial charge in [0.25, 0.3) is 0 Å². The van der Waals surface area contributed by atoms with Crippen LogP contribution in [0, 0.1) is 0 Å². The van der Waals surface area contributed by atoms with Crippen LogP contribution in [-0.4, -0.2) is 16.9 Å². The van der Waals surface area contributed by atoms with Gasteiger partial charge < -0.3 is 10.5 Å². The second kappa shape index (κ2) is 3.34. The first-order valence-electron chi connectivity index (χ1n) is 3.12. The molecular weight excluding hydrogens is 164 g/mol. The number of nitrogens with two attached hydrogens (primary N) is 1. The number of rotatable bonds is 2. The van der Waals surface area contributed by atoms with Crippen molar-refractivity contribution in [2.75, 3.05) is 12.3 Å². The van der Waals surface area contributed by atoms with E-state index in [0.29, 0.717) is 12.3 Å². The summed E-state index contributed by atoms with van der Waals surface area (Å²) in [5, 5.41) is 1.60. The second-order valence-corrected chi connectivity index (χ2v) is 2.47. The quantitative estimate of drug-likeness (QED) is 0.673. The van der Waals surface area contributed by atoms with Gasteiger partial charge in [0, 0.05) is 5.38 Å². The lowest BCUT2D eigenvalue weighted by Gasteiger charge is -1.97. The van der Waals surface area contributed by atoms with Crippen molar-refractivity contribution < 1.29 is 9.53 Å². The zero-order valence-corrected chi connectivity index (χ0v) is 6.85. The second-order valence-electron chi connectivity index (χ2n) is 1.84. The van der Waals surface area contributed by atoms with E-state index < -0.39 is 5.97 Å². The Morgan fingerprint density at radius 3 is 3.09 bits per heavy atom. The number of nitrogens with zero attached hydrogens (tertiary/aromatic N) is 1. The molecule has 11 heavy (non-hydrogen) atoms. The van der Waals surface area contributed by atoms with Crippen LogP contribution in [0.4, 0.5) is 5.69 Å². The Bertz CT molecular complexity index is 259. The predicted octanol–water partition coefficient (Wildman–Crippen LogP) is 0.902. The molecule has 0 radical (unpaired) electrons. The Kier molecular flexibility index (Phi) is 2.43. The molecule has 4 nitrogen and oxygen atoms in total. The molecule has 0 aromatic carbocycles. The molecule has 0 unspecified atom stereocenters. The largest absolute Gasteiger partial charge is 0.461 e. The summed E-state index contributed by atoms with van der Waals surface area (Å²) < 4.78 is 8.47. The van der Waals surface area contributed by atoms with E-state index in [1.54, 1.807) is 12.3 Å². The number of hydrogen-bond donors (Lipinski definition) is 1. The number of ether oxygens (including phenoxy) is 1. The van der Waals surface area contributed by atoms with E-state index in [2.05, 4.69) is 4.37 Å². The van der Waals surface area contributed by atoms with Crippen LogP contribution in [0.5, 0.6) is 0 Å².